The van der Waals surface area contributed by atoms with Crippen LogP contribution < -0.4 is 5.32 Å². The maximum Gasteiger partial charge on any atom is 0.193 e. The van der Waals surface area contributed by atoms with E-state index in [0.717, 1.165) is 43.6 Å². The van der Waals surface area contributed by atoms with Gasteiger partial charge in [0.2, 0.25) is 0 Å². The Morgan fingerprint density at radius 3 is 2.93 bits per heavy atom. The fourth-order valence-electron chi connectivity index (χ4n) is 4.04. The van der Waals surface area contributed by atoms with Gasteiger partial charge in [0.1, 0.15) is 0 Å². The van der Waals surface area contributed by atoms with Crippen LogP contribution in [0.25, 0.3) is 0 Å². The highest BCUT2D eigenvalue weighted by Crippen LogP contribution is 2.48. The van der Waals surface area contributed by atoms with Gasteiger partial charge in [0.15, 0.2) is 5.96 Å². The number of benzene rings is 1. The Bertz CT molecular complexity index is 823. The highest BCUT2D eigenvalue weighted by molar-refractivity contribution is 6.30. The van der Waals surface area contributed by atoms with E-state index in [0.29, 0.717) is 5.92 Å². The fraction of sp³-hybridized carbons (Fsp3) is 0.524. The Hall–Kier alpha value is -2.01. The molecular weight excluding hydrogens is 358 g/mol. The van der Waals surface area contributed by atoms with Crippen molar-refractivity contribution in [1.29, 1.82) is 0 Å². The number of nitrogens with one attached hydrogen (secondary N) is 1. The third-order valence-electron chi connectivity index (χ3n) is 5.84. The molecule has 2 fully saturated rings. The van der Waals surface area contributed by atoms with Crippen LogP contribution in [0.1, 0.15) is 43.2 Å². The van der Waals surface area contributed by atoms with Gasteiger partial charge in [0.25, 0.3) is 0 Å². The zero-order valence-electron chi connectivity index (χ0n) is 16.2. The summed E-state index contributed by atoms with van der Waals surface area (Å²) in [6, 6.07) is 8.28. The Balaban J connectivity index is 1.46. The molecule has 1 N–H and O–H groups in total. The van der Waals surface area contributed by atoms with E-state index in [1.54, 1.807) is 0 Å². The average molecular weight is 386 g/mol. The third kappa shape index (κ3) is 3.98. The van der Waals surface area contributed by atoms with Crippen LogP contribution in [0.5, 0.6) is 0 Å². The van der Waals surface area contributed by atoms with Crippen LogP contribution >= 0.6 is 11.6 Å². The number of aryl methyl sites for hydroxylation is 1. The second kappa shape index (κ2) is 7.55. The Labute approximate surface area is 166 Å². The van der Waals surface area contributed by atoms with Crippen molar-refractivity contribution < 1.29 is 0 Å². The molecule has 1 aromatic carbocycles. The minimum atomic E-state index is 0.175. The van der Waals surface area contributed by atoms with Crippen LogP contribution in [-0.4, -0.2) is 46.8 Å². The molecule has 1 aliphatic carbocycles. The third-order valence-corrected chi connectivity index (χ3v) is 6.08. The van der Waals surface area contributed by atoms with E-state index in [-0.39, 0.29) is 5.41 Å². The number of halogens is 1. The predicted octanol–water partition coefficient (Wildman–Crippen LogP) is 3.56. The summed E-state index contributed by atoms with van der Waals surface area (Å²) in [5.41, 5.74) is 2.83. The average Bonchev–Trinajstić information content (AvgIpc) is 3.07. The highest BCUT2D eigenvalue weighted by Gasteiger charge is 2.44. The lowest BCUT2D eigenvalue weighted by atomic mass is 9.96. The molecule has 1 saturated carbocycles. The fourth-order valence-corrected chi connectivity index (χ4v) is 4.23. The topological polar surface area (TPSA) is 45.5 Å². The molecule has 6 heteroatoms. The maximum atomic E-state index is 6.21. The van der Waals surface area contributed by atoms with Gasteiger partial charge in [-0.1, -0.05) is 23.7 Å². The van der Waals surface area contributed by atoms with Crippen LogP contribution in [0.2, 0.25) is 5.02 Å². The van der Waals surface area contributed by atoms with Gasteiger partial charge in [-0.15, -0.1) is 0 Å². The number of guanidine groups is 1. The first-order chi connectivity index (χ1) is 13.1. The number of hydrogen-bond acceptors (Lipinski definition) is 2. The highest BCUT2D eigenvalue weighted by atomic mass is 35.5. The molecule has 1 atom stereocenters. The van der Waals surface area contributed by atoms with Gasteiger partial charge in [-0.2, -0.15) is 5.10 Å². The predicted molar refractivity (Wildman–Crippen MR) is 110 cm³/mol. The molecule has 1 aromatic heterocycles. The van der Waals surface area contributed by atoms with E-state index in [1.165, 1.54) is 24.0 Å². The summed E-state index contributed by atoms with van der Waals surface area (Å²) in [5.74, 6) is 1.57. The quantitative estimate of drug-likeness (QED) is 0.632. The minimum absolute atomic E-state index is 0.175. The van der Waals surface area contributed by atoms with Gasteiger partial charge in [0.05, 0.1) is 12.7 Å². The van der Waals surface area contributed by atoms with Crippen LogP contribution in [0, 0.1) is 0 Å². The zero-order valence-corrected chi connectivity index (χ0v) is 16.9. The van der Waals surface area contributed by atoms with E-state index in [4.69, 9.17) is 16.6 Å². The molecule has 5 nitrogen and oxygen atoms in total. The van der Waals surface area contributed by atoms with Crippen LogP contribution in [-0.2, 0) is 12.5 Å². The molecule has 144 valence electrons. The van der Waals surface area contributed by atoms with Gasteiger partial charge in [-0.25, -0.2) is 0 Å². The van der Waals surface area contributed by atoms with E-state index in [2.05, 4.69) is 40.6 Å². The van der Waals surface area contributed by atoms with Crippen molar-refractivity contribution in [2.45, 2.75) is 37.5 Å². The number of aromatic nitrogens is 2. The van der Waals surface area contributed by atoms with Gasteiger partial charge in [0, 0.05) is 49.2 Å². The van der Waals surface area contributed by atoms with Crippen LogP contribution in [0.3, 0.4) is 0 Å². The molecule has 27 heavy (non-hydrogen) atoms. The lowest BCUT2D eigenvalue weighted by molar-refractivity contribution is 0.483. The molecule has 2 heterocycles. The molecule has 4 rings (SSSR count). The van der Waals surface area contributed by atoms with Crippen molar-refractivity contribution in [2.75, 3.05) is 26.2 Å². The molecule has 0 radical (unpaired) electrons. The lowest BCUT2D eigenvalue weighted by Gasteiger charge is -2.23. The van der Waals surface area contributed by atoms with Crippen LogP contribution in [0.4, 0.5) is 0 Å². The Kier molecular flexibility index (Phi) is 5.13. The summed E-state index contributed by atoms with van der Waals surface area (Å²) in [7, 11) is 1.98. The second-order valence-corrected chi connectivity index (χ2v) is 8.28. The molecule has 1 saturated heterocycles. The van der Waals surface area contributed by atoms with Crippen molar-refractivity contribution in [3.05, 3.63) is 52.8 Å². The molecule has 0 bridgehead atoms. The summed E-state index contributed by atoms with van der Waals surface area (Å²) in [5, 5.41) is 8.63. The van der Waals surface area contributed by atoms with Crippen molar-refractivity contribution in [2.24, 2.45) is 12.0 Å². The minimum Gasteiger partial charge on any atom is -0.357 e. The van der Waals surface area contributed by atoms with Crippen molar-refractivity contribution in [3.8, 4) is 0 Å². The molecular formula is C21H28ClN5. The van der Waals surface area contributed by atoms with Gasteiger partial charge >= 0.3 is 0 Å². The monoisotopic (exact) mass is 385 g/mol. The Morgan fingerprint density at radius 1 is 1.41 bits per heavy atom. The van der Waals surface area contributed by atoms with Crippen LogP contribution in [0.15, 0.2) is 41.7 Å². The second-order valence-electron chi connectivity index (χ2n) is 7.84. The van der Waals surface area contributed by atoms with Crippen molar-refractivity contribution >= 4 is 17.6 Å². The summed E-state index contributed by atoms with van der Waals surface area (Å²) in [4.78, 5) is 7.43. The Morgan fingerprint density at radius 2 is 2.26 bits per heavy atom. The van der Waals surface area contributed by atoms with Crippen molar-refractivity contribution in [3.63, 3.8) is 0 Å². The normalized spacial score (nSPS) is 21.5. The van der Waals surface area contributed by atoms with E-state index < -0.39 is 0 Å². The largest absolute Gasteiger partial charge is 0.357 e. The van der Waals surface area contributed by atoms with E-state index >= 15 is 0 Å². The molecule has 0 amide bonds. The number of aliphatic imine (C=N–C) groups is 1. The number of nitrogens with zero attached hydrogens (tertiary/aromatic N) is 4. The molecule has 1 aliphatic heterocycles. The smallest absolute Gasteiger partial charge is 0.193 e. The zero-order chi connectivity index (χ0) is 18.9. The van der Waals surface area contributed by atoms with E-state index in [1.807, 2.05) is 30.1 Å². The summed E-state index contributed by atoms with van der Waals surface area (Å²) in [6.07, 6.45) is 7.66. The number of likely N-dealkylation sites (tertiary alicyclic amines) is 1. The van der Waals surface area contributed by atoms with Gasteiger partial charge in [-0.3, -0.25) is 9.67 Å². The molecule has 2 aliphatic rings. The molecule has 0 spiro atoms. The van der Waals surface area contributed by atoms with Gasteiger partial charge < -0.3 is 10.2 Å². The van der Waals surface area contributed by atoms with Crippen molar-refractivity contribution in [1.82, 2.24) is 20.0 Å². The molecule has 1 unspecified atom stereocenters. The van der Waals surface area contributed by atoms with Gasteiger partial charge in [-0.05, 0) is 49.4 Å². The number of rotatable bonds is 5. The lowest BCUT2D eigenvalue weighted by Crippen LogP contribution is -2.40. The first-order valence-corrected chi connectivity index (χ1v) is 10.3. The first-order valence-electron chi connectivity index (χ1n) is 9.87. The SMILES string of the molecule is CCNC(=NCC1(c2cccc(Cl)c2)CC1)N1CCC(c2cnn(C)c2)C1. The summed E-state index contributed by atoms with van der Waals surface area (Å²) < 4.78 is 1.89. The first kappa shape index (κ1) is 18.4. The standard InChI is InChI=1S/C21H28ClN5/c1-3-23-20(27-10-7-16(14-27)17-12-25-26(2)13-17)24-15-21(8-9-21)18-5-4-6-19(22)11-18/h4-6,11-13,16H,3,7-10,14-15H2,1-2H3,(H,23,24). The van der Waals surface area contributed by atoms with E-state index in [9.17, 15) is 0 Å². The maximum absolute atomic E-state index is 6.21. The summed E-state index contributed by atoms with van der Waals surface area (Å²) >= 11 is 6.21. The molecule has 2 aromatic rings. The summed E-state index contributed by atoms with van der Waals surface area (Å²) in [6.45, 7) is 5.88. The number of hydrogen-bond donors (Lipinski definition) is 1.